The predicted octanol–water partition coefficient (Wildman–Crippen LogP) is 0.828. The molecule has 2 aliphatic rings. The number of nitrogens with zero attached hydrogens (tertiary/aromatic N) is 1. The van der Waals surface area contributed by atoms with E-state index in [1.165, 1.54) is 11.6 Å². The minimum Gasteiger partial charge on any atom is -0.480 e. The number of aliphatic carboxylic acids is 1. The smallest absolute Gasteiger partial charge is 0.322 e. The highest BCUT2D eigenvalue weighted by Crippen LogP contribution is 2.37. The summed E-state index contributed by atoms with van der Waals surface area (Å²) in [4.78, 5) is 32.9. The molecule has 9 nitrogen and oxygen atoms in total. The van der Waals surface area contributed by atoms with Gasteiger partial charge in [0.05, 0.1) is 11.4 Å². The van der Waals surface area contributed by atoms with Gasteiger partial charge in [-0.05, 0) is 40.8 Å². The van der Waals surface area contributed by atoms with E-state index in [2.05, 4.69) is 0 Å². The Kier molecular flexibility index (Phi) is 5.83. The van der Waals surface area contributed by atoms with Gasteiger partial charge >= 0.3 is 5.97 Å². The van der Waals surface area contributed by atoms with Crippen LogP contribution in [0, 0.1) is 0 Å². The highest BCUT2D eigenvalue weighted by molar-refractivity contribution is 7.85. The Balaban J connectivity index is 0.000000178. The zero-order valence-corrected chi connectivity index (χ0v) is 16.4. The molecule has 0 saturated carbocycles. The number of benzene rings is 2. The van der Waals surface area contributed by atoms with Crippen molar-refractivity contribution in [3.05, 3.63) is 65.7 Å². The van der Waals surface area contributed by atoms with Gasteiger partial charge in [-0.3, -0.25) is 23.8 Å². The second-order valence-corrected chi connectivity index (χ2v) is 8.11. The minimum absolute atomic E-state index is 0.0379. The van der Waals surface area contributed by atoms with Crippen LogP contribution in [0.15, 0.2) is 59.5 Å². The maximum atomic E-state index is 11.1. The van der Waals surface area contributed by atoms with Crippen LogP contribution in [0.5, 0.6) is 0 Å². The lowest BCUT2D eigenvalue weighted by molar-refractivity contribution is -0.141. The first-order valence-corrected chi connectivity index (χ1v) is 10.2. The topological polar surface area (TPSA) is 155 Å². The van der Waals surface area contributed by atoms with Gasteiger partial charge in [0.15, 0.2) is 0 Å². The molecule has 10 heteroatoms. The van der Waals surface area contributed by atoms with E-state index in [1.54, 1.807) is 12.1 Å². The first-order chi connectivity index (χ1) is 14.1. The van der Waals surface area contributed by atoms with Crippen molar-refractivity contribution in [2.45, 2.75) is 17.4 Å². The van der Waals surface area contributed by atoms with Gasteiger partial charge in [0.1, 0.15) is 6.04 Å². The molecular weight excluding hydrogens is 412 g/mol. The van der Waals surface area contributed by atoms with Crippen LogP contribution in [0.1, 0.15) is 11.1 Å². The number of hydrogen-bond donors (Lipinski definition) is 3. The molecule has 1 unspecified atom stereocenters. The normalized spacial score (nSPS) is 15.3. The van der Waals surface area contributed by atoms with Crippen molar-refractivity contribution in [3.8, 4) is 11.1 Å². The molecule has 1 heterocycles. The van der Waals surface area contributed by atoms with Crippen molar-refractivity contribution in [1.82, 2.24) is 4.90 Å². The summed E-state index contributed by atoms with van der Waals surface area (Å²) in [5.74, 6) is -2.30. The molecule has 2 aromatic carbocycles. The van der Waals surface area contributed by atoms with E-state index >= 15 is 0 Å². The van der Waals surface area contributed by atoms with Crippen LogP contribution >= 0.6 is 0 Å². The largest absolute Gasteiger partial charge is 0.480 e. The van der Waals surface area contributed by atoms with Gasteiger partial charge in [0.25, 0.3) is 21.9 Å². The fourth-order valence-corrected chi connectivity index (χ4v) is 3.70. The number of amides is 2. The quantitative estimate of drug-likeness (QED) is 0.406. The third-order valence-electron chi connectivity index (χ3n) is 4.66. The zero-order valence-electron chi connectivity index (χ0n) is 15.6. The average molecular weight is 430 g/mol. The number of carboxylic acids is 1. The Hall–Kier alpha value is -3.34. The first kappa shape index (κ1) is 21.4. The summed E-state index contributed by atoms with van der Waals surface area (Å²) < 4.78 is 31.1. The summed E-state index contributed by atoms with van der Waals surface area (Å²) >= 11 is 0. The molecule has 30 heavy (non-hydrogen) atoms. The lowest BCUT2D eigenvalue weighted by Gasteiger charge is -2.15. The first-order valence-electron chi connectivity index (χ1n) is 8.78. The molecule has 0 aromatic heterocycles. The Morgan fingerprint density at radius 3 is 2.23 bits per heavy atom. The van der Waals surface area contributed by atoms with E-state index in [-0.39, 0.29) is 11.4 Å². The Labute approximate surface area is 172 Å². The maximum Gasteiger partial charge on any atom is 0.322 e. The molecule has 156 valence electrons. The monoisotopic (exact) mass is 430 g/mol. The molecule has 1 aliphatic heterocycles. The van der Waals surface area contributed by atoms with Crippen LogP contribution < -0.4 is 5.73 Å². The molecular formula is C20H18N2O7S. The van der Waals surface area contributed by atoms with Crippen molar-refractivity contribution in [2.24, 2.45) is 5.73 Å². The summed E-state index contributed by atoms with van der Waals surface area (Å²) in [7, 11) is -4.11. The van der Waals surface area contributed by atoms with Crippen molar-refractivity contribution < 1.29 is 32.5 Å². The summed E-state index contributed by atoms with van der Waals surface area (Å²) in [6.45, 7) is -0.292. The highest BCUT2D eigenvalue weighted by atomic mass is 32.2. The van der Waals surface area contributed by atoms with Crippen molar-refractivity contribution in [1.29, 1.82) is 0 Å². The molecule has 1 atom stereocenters. The van der Waals surface area contributed by atoms with Crippen LogP contribution in [0.3, 0.4) is 0 Å². The van der Waals surface area contributed by atoms with E-state index < -0.39 is 33.9 Å². The van der Waals surface area contributed by atoms with Crippen LogP contribution in [0.2, 0.25) is 0 Å². The van der Waals surface area contributed by atoms with E-state index in [0.717, 1.165) is 40.2 Å². The minimum atomic E-state index is -4.11. The van der Waals surface area contributed by atoms with Gasteiger partial charge in [-0.2, -0.15) is 8.42 Å². The molecule has 0 fully saturated rings. The number of nitrogens with two attached hydrogens (primary N) is 1. The summed E-state index contributed by atoms with van der Waals surface area (Å²) in [5.41, 5.74) is 9.47. The predicted molar refractivity (Wildman–Crippen MR) is 106 cm³/mol. The molecule has 0 saturated heterocycles. The Morgan fingerprint density at radius 1 is 1.03 bits per heavy atom. The molecule has 0 bridgehead atoms. The van der Waals surface area contributed by atoms with Crippen molar-refractivity contribution in [2.75, 3.05) is 6.54 Å². The van der Waals surface area contributed by atoms with Gasteiger partial charge in [-0.1, -0.05) is 30.3 Å². The van der Waals surface area contributed by atoms with Crippen LogP contribution in [-0.2, 0) is 30.9 Å². The lowest BCUT2D eigenvalue weighted by atomic mass is 10.1. The van der Waals surface area contributed by atoms with E-state index in [9.17, 15) is 22.8 Å². The number of hydrogen-bond acceptors (Lipinski definition) is 6. The molecule has 0 radical (unpaired) electrons. The number of carbonyl (C=O) groups is 3. The third kappa shape index (κ3) is 4.46. The molecule has 0 spiro atoms. The van der Waals surface area contributed by atoms with Gasteiger partial charge < -0.3 is 10.8 Å². The second kappa shape index (κ2) is 8.19. The molecule has 4 rings (SSSR count). The fraction of sp³-hybridized carbons (Fsp3) is 0.150. The van der Waals surface area contributed by atoms with Crippen LogP contribution in [0.4, 0.5) is 0 Å². The number of rotatable bonds is 4. The molecule has 4 N–H and O–H groups in total. The second-order valence-electron chi connectivity index (χ2n) is 6.69. The van der Waals surface area contributed by atoms with Crippen molar-refractivity contribution in [3.63, 3.8) is 0 Å². The standard InChI is InChI=1S/C13H10O3S.C7H8N2O4/c14-17(15,16)11-5-6-13-10(8-11)7-9-3-1-2-4-12(9)13;8-4(7(12)13)3-9-5(10)1-2-6(9)11/h1-6,8H,7H2,(H,14,15,16);1-2,4H,3,8H2,(H,12,13). The number of imide groups is 1. The van der Waals surface area contributed by atoms with Crippen LogP contribution in [0.25, 0.3) is 11.1 Å². The fourth-order valence-electron chi connectivity index (χ4n) is 3.17. The molecule has 2 amide bonds. The maximum absolute atomic E-state index is 11.1. The zero-order chi connectivity index (χ0) is 22.1. The van der Waals surface area contributed by atoms with E-state index in [4.69, 9.17) is 15.4 Å². The van der Waals surface area contributed by atoms with Crippen LogP contribution in [-0.4, -0.2) is 53.3 Å². The lowest BCUT2D eigenvalue weighted by Crippen LogP contribution is -2.45. The van der Waals surface area contributed by atoms with Crippen molar-refractivity contribution >= 4 is 27.9 Å². The average Bonchev–Trinajstić information content (AvgIpc) is 3.21. The van der Waals surface area contributed by atoms with Gasteiger partial charge in [0.2, 0.25) is 0 Å². The molecule has 1 aliphatic carbocycles. The summed E-state index contributed by atoms with van der Waals surface area (Å²) in [6, 6.07) is 11.5. The number of carboxylic acid groups (broad SMARTS) is 1. The summed E-state index contributed by atoms with van der Waals surface area (Å²) in [5, 5.41) is 8.42. The SMILES string of the molecule is NC(CN1C(=O)C=CC1=O)C(=O)O.O=S(=O)(O)c1ccc2c(c1)Cc1ccccc1-2. The highest BCUT2D eigenvalue weighted by Gasteiger charge is 2.27. The summed E-state index contributed by atoms with van der Waals surface area (Å²) in [6.07, 6.45) is 2.88. The Bertz CT molecular complexity index is 1150. The van der Waals surface area contributed by atoms with E-state index in [1.807, 2.05) is 24.3 Å². The molecule has 2 aromatic rings. The van der Waals surface area contributed by atoms with Gasteiger partial charge in [0, 0.05) is 12.2 Å². The number of fused-ring (bicyclic) bond motifs is 3. The third-order valence-corrected chi connectivity index (χ3v) is 5.51. The Morgan fingerprint density at radius 2 is 1.63 bits per heavy atom. The van der Waals surface area contributed by atoms with Gasteiger partial charge in [-0.25, -0.2) is 0 Å². The van der Waals surface area contributed by atoms with E-state index in [0.29, 0.717) is 0 Å². The number of carbonyl (C=O) groups excluding carboxylic acids is 2. The van der Waals surface area contributed by atoms with Gasteiger partial charge in [-0.15, -0.1) is 0 Å².